The molecule has 0 saturated heterocycles. The monoisotopic (exact) mass is 246 g/mol. The predicted octanol–water partition coefficient (Wildman–Crippen LogP) is 3.58. The first-order valence-electron chi connectivity index (χ1n) is 7.13. The molecule has 1 aromatic carbocycles. The van der Waals surface area contributed by atoms with E-state index in [1.165, 1.54) is 30.4 Å². The first-order valence-corrected chi connectivity index (χ1v) is 7.13. The zero-order chi connectivity index (χ0) is 13.2. The fourth-order valence-corrected chi connectivity index (χ4v) is 3.42. The van der Waals surface area contributed by atoms with Gasteiger partial charge in [0.1, 0.15) is 0 Å². The van der Waals surface area contributed by atoms with Crippen LogP contribution in [0.1, 0.15) is 57.2 Å². The van der Waals surface area contributed by atoms with Gasteiger partial charge in [-0.1, -0.05) is 51.5 Å². The normalized spacial score (nSPS) is 24.1. The summed E-state index contributed by atoms with van der Waals surface area (Å²) in [6, 6.07) is 9.14. The van der Waals surface area contributed by atoms with E-state index in [4.69, 9.17) is 5.84 Å². The van der Waals surface area contributed by atoms with E-state index in [9.17, 15) is 0 Å². The number of hydrazine groups is 1. The van der Waals surface area contributed by atoms with Gasteiger partial charge in [0.25, 0.3) is 0 Å². The van der Waals surface area contributed by atoms with Gasteiger partial charge in [0, 0.05) is 6.04 Å². The molecular weight excluding hydrogens is 220 g/mol. The van der Waals surface area contributed by atoms with Gasteiger partial charge in [-0.15, -0.1) is 0 Å². The molecule has 0 aromatic heterocycles. The second-order valence-corrected chi connectivity index (χ2v) is 6.23. The molecule has 0 aliphatic heterocycles. The number of benzene rings is 1. The van der Waals surface area contributed by atoms with Crippen molar-refractivity contribution in [3.63, 3.8) is 0 Å². The Hall–Kier alpha value is -0.860. The summed E-state index contributed by atoms with van der Waals surface area (Å²) in [6.07, 6.45) is 4.99. The van der Waals surface area contributed by atoms with Gasteiger partial charge in [-0.25, -0.2) is 0 Å². The molecule has 0 spiro atoms. The smallest absolute Gasteiger partial charge is 0.0493 e. The third-order valence-electron chi connectivity index (χ3n) is 4.64. The zero-order valence-corrected chi connectivity index (χ0v) is 11.9. The molecule has 1 aromatic rings. The van der Waals surface area contributed by atoms with Crippen molar-refractivity contribution < 1.29 is 0 Å². The lowest BCUT2D eigenvalue weighted by molar-refractivity contribution is 0.198. The van der Waals surface area contributed by atoms with Crippen molar-refractivity contribution in [2.24, 2.45) is 17.2 Å². The first-order chi connectivity index (χ1) is 8.58. The molecule has 2 atom stereocenters. The first kappa shape index (κ1) is 13.6. The summed E-state index contributed by atoms with van der Waals surface area (Å²) in [4.78, 5) is 0. The number of aryl methyl sites for hydroxylation is 1. The van der Waals surface area contributed by atoms with Gasteiger partial charge in [-0.2, -0.15) is 0 Å². The maximum absolute atomic E-state index is 5.85. The molecule has 2 heteroatoms. The molecule has 0 amide bonds. The molecule has 1 fully saturated rings. The number of hydrogen-bond acceptors (Lipinski definition) is 2. The van der Waals surface area contributed by atoms with E-state index >= 15 is 0 Å². The fourth-order valence-electron chi connectivity index (χ4n) is 3.42. The number of nitrogens with one attached hydrogen (secondary N) is 1. The molecule has 0 bridgehead atoms. The summed E-state index contributed by atoms with van der Waals surface area (Å²) in [6.45, 7) is 6.95. The van der Waals surface area contributed by atoms with E-state index in [1.807, 2.05) is 0 Å². The Balaban J connectivity index is 2.27. The summed E-state index contributed by atoms with van der Waals surface area (Å²) in [5.74, 6) is 6.48. The van der Waals surface area contributed by atoms with E-state index in [1.54, 1.807) is 0 Å². The van der Waals surface area contributed by atoms with Crippen LogP contribution in [0.4, 0.5) is 0 Å². The van der Waals surface area contributed by atoms with E-state index < -0.39 is 0 Å². The maximum atomic E-state index is 5.85. The van der Waals surface area contributed by atoms with E-state index in [-0.39, 0.29) is 6.04 Å². The zero-order valence-electron chi connectivity index (χ0n) is 11.9. The topological polar surface area (TPSA) is 38.0 Å². The Morgan fingerprint density at radius 3 is 2.78 bits per heavy atom. The summed E-state index contributed by atoms with van der Waals surface area (Å²) >= 11 is 0. The van der Waals surface area contributed by atoms with Crippen molar-refractivity contribution in [2.45, 2.75) is 52.5 Å². The summed E-state index contributed by atoms with van der Waals surface area (Å²) in [5.41, 5.74) is 6.19. The standard InChI is InChI=1S/C16H26N2/c1-4-12-7-5-8-13(11-12)15(18-17)14-9-6-10-16(14,2)3/h5,7-8,11,14-15,18H,4,6,9-10,17H2,1-3H3. The van der Waals surface area contributed by atoms with Crippen molar-refractivity contribution in [3.8, 4) is 0 Å². The lowest BCUT2D eigenvalue weighted by Gasteiger charge is -2.34. The molecule has 18 heavy (non-hydrogen) atoms. The molecule has 1 aliphatic rings. The van der Waals surface area contributed by atoms with Crippen LogP contribution in [-0.2, 0) is 6.42 Å². The molecule has 0 radical (unpaired) electrons. The summed E-state index contributed by atoms with van der Waals surface area (Å²) in [7, 11) is 0. The van der Waals surface area contributed by atoms with Gasteiger partial charge in [-0.05, 0) is 41.7 Å². The second kappa shape index (κ2) is 5.41. The van der Waals surface area contributed by atoms with Gasteiger partial charge >= 0.3 is 0 Å². The lowest BCUT2D eigenvalue weighted by atomic mass is 9.75. The van der Waals surface area contributed by atoms with Crippen molar-refractivity contribution in [2.75, 3.05) is 0 Å². The van der Waals surface area contributed by atoms with Crippen LogP contribution in [0.3, 0.4) is 0 Å². The average molecular weight is 246 g/mol. The minimum absolute atomic E-state index is 0.286. The largest absolute Gasteiger partial charge is 0.271 e. The Morgan fingerprint density at radius 1 is 1.44 bits per heavy atom. The SMILES string of the molecule is CCc1cccc(C(NN)C2CCCC2(C)C)c1. The minimum atomic E-state index is 0.286. The van der Waals surface area contributed by atoms with Crippen LogP contribution in [0.25, 0.3) is 0 Å². The average Bonchev–Trinajstić information content (AvgIpc) is 2.71. The van der Waals surface area contributed by atoms with Crippen LogP contribution >= 0.6 is 0 Å². The molecule has 2 unspecified atom stereocenters. The number of nitrogens with two attached hydrogens (primary N) is 1. The second-order valence-electron chi connectivity index (χ2n) is 6.23. The Bertz CT molecular complexity index is 398. The molecule has 2 nitrogen and oxygen atoms in total. The van der Waals surface area contributed by atoms with E-state index in [2.05, 4.69) is 50.5 Å². The van der Waals surface area contributed by atoms with Gasteiger partial charge in [0.05, 0.1) is 0 Å². The van der Waals surface area contributed by atoms with Crippen LogP contribution in [0, 0.1) is 11.3 Å². The van der Waals surface area contributed by atoms with Crippen LogP contribution in [-0.4, -0.2) is 0 Å². The van der Waals surface area contributed by atoms with Gasteiger partial charge in [-0.3, -0.25) is 11.3 Å². The van der Waals surface area contributed by atoms with Crippen LogP contribution < -0.4 is 11.3 Å². The van der Waals surface area contributed by atoms with Gasteiger partial charge in [0.15, 0.2) is 0 Å². The van der Waals surface area contributed by atoms with Crippen molar-refractivity contribution in [1.29, 1.82) is 0 Å². The maximum Gasteiger partial charge on any atom is 0.0493 e. The molecule has 100 valence electrons. The van der Waals surface area contributed by atoms with Crippen molar-refractivity contribution in [3.05, 3.63) is 35.4 Å². The van der Waals surface area contributed by atoms with Crippen molar-refractivity contribution >= 4 is 0 Å². The fraction of sp³-hybridized carbons (Fsp3) is 0.625. The number of hydrogen-bond donors (Lipinski definition) is 2. The quantitative estimate of drug-likeness (QED) is 0.629. The van der Waals surface area contributed by atoms with Crippen LogP contribution in [0.5, 0.6) is 0 Å². The molecular formula is C16H26N2. The molecule has 1 saturated carbocycles. The highest BCUT2D eigenvalue weighted by molar-refractivity contribution is 5.27. The molecule has 1 aliphatic carbocycles. The Morgan fingerprint density at radius 2 is 2.22 bits per heavy atom. The summed E-state index contributed by atoms with van der Waals surface area (Å²) in [5, 5.41) is 0. The molecule has 2 rings (SSSR count). The third kappa shape index (κ3) is 2.60. The van der Waals surface area contributed by atoms with Crippen LogP contribution in [0.15, 0.2) is 24.3 Å². The Labute approximate surface area is 111 Å². The lowest BCUT2D eigenvalue weighted by Crippen LogP contribution is -2.37. The van der Waals surface area contributed by atoms with E-state index in [0.29, 0.717) is 11.3 Å². The minimum Gasteiger partial charge on any atom is -0.271 e. The highest BCUT2D eigenvalue weighted by atomic mass is 15.2. The van der Waals surface area contributed by atoms with Crippen LogP contribution in [0.2, 0.25) is 0 Å². The third-order valence-corrected chi connectivity index (χ3v) is 4.64. The highest BCUT2D eigenvalue weighted by Crippen LogP contribution is 2.48. The highest BCUT2D eigenvalue weighted by Gasteiger charge is 2.39. The molecule has 0 heterocycles. The molecule has 3 N–H and O–H groups in total. The predicted molar refractivity (Wildman–Crippen MR) is 77.0 cm³/mol. The summed E-state index contributed by atoms with van der Waals surface area (Å²) < 4.78 is 0. The van der Waals surface area contributed by atoms with E-state index in [0.717, 1.165) is 6.42 Å². The van der Waals surface area contributed by atoms with Crippen molar-refractivity contribution in [1.82, 2.24) is 5.43 Å². The number of rotatable bonds is 4. The Kier molecular flexibility index (Phi) is 4.08. The van der Waals surface area contributed by atoms with Gasteiger partial charge in [0.2, 0.25) is 0 Å². The van der Waals surface area contributed by atoms with Gasteiger partial charge < -0.3 is 0 Å².